The summed E-state index contributed by atoms with van der Waals surface area (Å²) in [5.74, 6) is -1.35. The Labute approximate surface area is 212 Å². The highest BCUT2D eigenvalue weighted by Gasteiger charge is 2.21. The van der Waals surface area contributed by atoms with E-state index in [2.05, 4.69) is 13.8 Å². The molecule has 0 heterocycles. The molecular weight excluding hydrogens is 424 g/mol. The van der Waals surface area contributed by atoms with E-state index in [0.717, 1.165) is 38.5 Å². The maximum absolute atomic E-state index is 12.1. The molecule has 1 N–H and O–H groups in total. The lowest BCUT2D eigenvalue weighted by Gasteiger charge is -2.13. The summed E-state index contributed by atoms with van der Waals surface area (Å²) in [7, 11) is 0. The van der Waals surface area contributed by atoms with Gasteiger partial charge in [0.15, 0.2) is 6.10 Å². The van der Waals surface area contributed by atoms with Crippen molar-refractivity contribution in [2.24, 2.45) is 0 Å². The molecule has 1 atom stereocenters. The van der Waals surface area contributed by atoms with Crippen LogP contribution in [0.15, 0.2) is 0 Å². The van der Waals surface area contributed by atoms with Gasteiger partial charge in [0.05, 0.1) is 0 Å². The Morgan fingerprint density at radius 3 is 1.21 bits per heavy atom. The van der Waals surface area contributed by atoms with Crippen molar-refractivity contribution in [1.29, 1.82) is 0 Å². The van der Waals surface area contributed by atoms with Crippen molar-refractivity contribution in [2.75, 3.05) is 0 Å². The van der Waals surface area contributed by atoms with Crippen molar-refractivity contribution >= 4 is 11.9 Å². The Kier molecular flexibility index (Phi) is 25.7. The standard InChI is InChI=1S/C30H58O4/c1-3-5-7-9-11-13-15-17-18-20-22-24-26-28(30(32)33)34-29(31)27-25-23-21-19-16-14-12-10-8-6-4-2/h28H,3-27H2,1-2H3,(H,32,33). The molecule has 0 amide bonds. The molecule has 0 aromatic heterocycles. The normalized spacial score (nSPS) is 12.1. The number of carboxylic acid groups (broad SMARTS) is 1. The molecule has 0 spiro atoms. The van der Waals surface area contributed by atoms with E-state index in [4.69, 9.17) is 4.74 Å². The summed E-state index contributed by atoms with van der Waals surface area (Å²) in [5, 5.41) is 9.38. The quantitative estimate of drug-likeness (QED) is 0.0934. The number of hydrogen-bond acceptors (Lipinski definition) is 3. The number of rotatable bonds is 27. The Morgan fingerprint density at radius 1 is 0.529 bits per heavy atom. The average Bonchev–Trinajstić information content (AvgIpc) is 2.82. The topological polar surface area (TPSA) is 63.6 Å². The lowest BCUT2D eigenvalue weighted by Crippen LogP contribution is -2.27. The first-order chi connectivity index (χ1) is 16.6. The molecule has 0 rings (SSSR count). The van der Waals surface area contributed by atoms with Crippen molar-refractivity contribution in [3.05, 3.63) is 0 Å². The lowest BCUT2D eigenvalue weighted by molar-refractivity contribution is -0.164. The molecule has 0 aliphatic carbocycles. The van der Waals surface area contributed by atoms with Crippen LogP contribution in [-0.2, 0) is 14.3 Å². The summed E-state index contributed by atoms with van der Waals surface area (Å²) in [4.78, 5) is 23.5. The van der Waals surface area contributed by atoms with E-state index in [1.165, 1.54) is 109 Å². The minimum absolute atomic E-state index is 0.345. The van der Waals surface area contributed by atoms with Gasteiger partial charge in [-0.15, -0.1) is 0 Å². The van der Waals surface area contributed by atoms with E-state index in [-0.39, 0.29) is 5.97 Å². The highest BCUT2D eigenvalue weighted by Crippen LogP contribution is 2.15. The number of hydrogen-bond donors (Lipinski definition) is 1. The van der Waals surface area contributed by atoms with Crippen LogP contribution in [0.2, 0.25) is 0 Å². The molecule has 0 aromatic carbocycles. The molecular formula is C30H58O4. The summed E-state index contributed by atoms with van der Waals surface area (Å²) in [6.45, 7) is 4.50. The first kappa shape index (κ1) is 32.9. The van der Waals surface area contributed by atoms with E-state index in [0.29, 0.717) is 12.8 Å². The average molecular weight is 483 g/mol. The van der Waals surface area contributed by atoms with Gasteiger partial charge in [-0.3, -0.25) is 4.79 Å². The maximum Gasteiger partial charge on any atom is 0.345 e. The van der Waals surface area contributed by atoms with Gasteiger partial charge in [0.25, 0.3) is 0 Å². The Hall–Kier alpha value is -1.06. The van der Waals surface area contributed by atoms with Crippen LogP contribution in [0.5, 0.6) is 0 Å². The molecule has 0 aromatic rings. The molecule has 0 saturated heterocycles. The van der Waals surface area contributed by atoms with E-state index < -0.39 is 12.1 Å². The fourth-order valence-electron chi connectivity index (χ4n) is 4.55. The van der Waals surface area contributed by atoms with E-state index in [9.17, 15) is 14.7 Å². The number of esters is 1. The molecule has 1 unspecified atom stereocenters. The predicted octanol–water partition coefficient (Wildman–Crippen LogP) is 9.78. The van der Waals surface area contributed by atoms with Crippen molar-refractivity contribution in [3.63, 3.8) is 0 Å². The zero-order valence-corrected chi connectivity index (χ0v) is 22.9. The molecule has 0 bridgehead atoms. The molecule has 0 saturated carbocycles. The summed E-state index contributed by atoms with van der Waals surface area (Å²) in [6.07, 6.45) is 28.4. The van der Waals surface area contributed by atoms with Crippen molar-refractivity contribution in [1.82, 2.24) is 0 Å². The van der Waals surface area contributed by atoms with Gasteiger partial charge in [-0.2, -0.15) is 0 Å². The minimum Gasteiger partial charge on any atom is -0.479 e. The minimum atomic E-state index is -1.00. The van der Waals surface area contributed by atoms with Gasteiger partial charge in [-0.1, -0.05) is 149 Å². The van der Waals surface area contributed by atoms with Crippen molar-refractivity contribution in [2.45, 2.75) is 180 Å². The van der Waals surface area contributed by atoms with E-state index in [1.807, 2.05) is 0 Å². The third kappa shape index (κ3) is 24.1. The zero-order valence-electron chi connectivity index (χ0n) is 22.9. The maximum atomic E-state index is 12.1. The second-order valence-corrected chi connectivity index (χ2v) is 10.3. The summed E-state index contributed by atoms with van der Waals surface area (Å²) in [5.41, 5.74) is 0. The highest BCUT2D eigenvalue weighted by molar-refractivity contribution is 5.77. The number of carbonyl (C=O) groups excluding carboxylic acids is 1. The van der Waals surface area contributed by atoms with Gasteiger partial charge in [0.2, 0.25) is 0 Å². The molecule has 0 radical (unpaired) electrons. The third-order valence-electron chi connectivity index (χ3n) is 6.85. The first-order valence-electron chi connectivity index (χ1n) is 15.0. The predicted molar refractivity (Wildman–Crippen MR) is 144 cm³/mol. The molecule has 202 valence electrons. The van der Waals surface area contributed by atoms with Gasteiger partial charge >= 0.3 is 11.9 Å². The summed E-state index contributed by atoms with van der Waals surface area (Å²) < 4.78 is 5.27. The molecule has 0 aliphatic rings. The Balaban J connectivity index is 3.58. The van der Waals surface area contributed by atoms with Gasteiger partial charge in [-0.05, 0) is 19.3 Å². The number of aliphatic carboxylic acids is 1. The number of ether oxygens (including phenoxy) is 1. The number of unbranched alkanes of at least 4 members (excludes halogenated alkanes) is 21. The van der Waals surface area contributed by atoms with Crippen LogP contribution in [0, 0.1) is 0 Å². The van der Waals surface area contributed by atoms with Crippen LogP contribution < -0.4 is 0 Å². The second-order valence-electron chi connectivity index (χ2n) is 10.3. The van der Waals surface area contributed by atoms with Crippen LogP contribution in [-0.4, -0.2) is 23.1 Å². The number of carbonyl (C=O) groups is 2. The van der Waals surface area contributed by atoms with Crippen LogP contribution in [0.4, 0.5) is 0 Å². The Morgan fingerprint density at radius 2 is 0.853 bits per heavy atom. The smallest absolute Gasteiger partial charge is 0.345 e. The van der Waals surface area contributed by atoms with E-state index in [1.54, 1.807) is 0 Å². The van der Waals surface area contributed by atoms with Crippen LogP contribution in [0.3, 0.4) is 0 Å². The molecule has 4 nitrogen and oxygen atoms in total. The van der Waals surface area contributed by atoms with Gasteiger partial charge < -0.3 is 9.84 Å². The monoisotopic (exact) mass is 482 g/mol. The summed E-state index contributed by atoms with van der Waals surface area (Å²) >= 11 is 0. The SMILES string of the molecule is CCCCCCCCCCCCCCC(OC(=O)CCCCCCCCCCCCC)C(=O)O. The molecule has 0 aliphatic heterocycles. The van der Waals surface area contributed by atoms with Crippen molar-refractivity contribution in [3.8, 4) is 0 Å². The van der Waals surface area contributed by atoms with Crippen LogP contribution >= 0.6 is 0 Å². The fourth-order valence-corrected chi connectivity index (χ4v) is 4.55. The van der Waals surface area contributed by atoms with E-state index >= 15 is 0 Å². The first-order valence-corrected chi connectivity index (χ1v) is 15.0. The van der Waals surface area contributed by atoms with Gasteiger partial charge in [0, 0.05) is 6.42 Å². The highest BCUT2D eigenvalue weighted by atomic mass is 16.6. The largest absolute Gasteiger partial charge is 0.479 e. The third-order valence-corrected chi connectivity index (χ3v) is 6.85. The number of carboxylic acids is 1. The van der Waals surface area contributed by atoms with Crippen molar-refractivity contribution < 1.29 is 19.4 Å². The molecule has 4 heteroatoms. The zero-order chi connectivity index (χ0) is 25.1. The second kappa shape index (κ2) is 26.5. The molecule has 0 fully saturated rings. The van der Waals surface area contributed by atoms with Gasteiger partial charge in [0.1, 0.15) is 0 Å². The lowest BCUT2D eigenvalue weighted by atomic mass is 10.0. The summed E-state index contributed by atoms with van der Waals surface area (Å²) in [6, 6.07) is 0. The Bertz CT molecular complexity index is 449. The van der Waals surface area contributed by atoms with Crippen LogP contribution in [0.25, 0.3) is 0 Å². The van der Waals surface area contributed by atoms with Gasteiger partial charge in [-0.25, -0.2) is 4.79 Å². The fraction of sp³-hybridized carbons (Fsp3) is 0.933. The molecule has 34 heavy (non-hydrogen) atoms. The van der Waals surface area contributed by atoms with Crippen LogP contribution in [0.1, 0.15) is 174 Å².